The second-order valence-electron chi connectivity index (χ2n) is 5.06. The van der Waals surface area contributed by atoms with E-state index in [9.17, 15) is 9.59 Å². The zero-order chi connectivity index (χ0) is 14.7. The molecule has 1 saturated heterocycles. The van der Waals surface area contributed by atoms with E-state index in [2.05, 4.69) is 5.32 Å². The number of rotatable bonds is 4. The number of benzene rings is 1. The summed E-state index contributed by atoms with van der Waals surface area (Å²) >= 11 is 1.57. The lowest BCUT2D eigenvalue weighted by molar-refractivity contribution is -0.121. The van der Waals surface area contributed by atoms with Crippen LogP contribution in [0, 0.1) is 0 Å². The van der Waals surface area contributed by atoms with E-state index < -0.39 is 0 Å². The zero-order valence-corrected chi connectivity index (χ0v) is 12.3. The lowest BCUT2D eigenvalue weighted by atomic mass is 10.2. The van der Waals surface area contributed by atoms with Gasteiger partial charge >= 0.3 is 0 Å². The fourth-order valence-corrected chi connectivity index (χ4v) is 3.22. The van der Waals surface area contributed by atoms with Crippen LogP contribution in [-0.2, 0) is 16.0 Å². The third kappa shape index (κ3) is 3.31. The van der Waals surface area contributed by atoms with Gasteiger partial charge in [0.1, 0.15) is 0 Å². The van der Waals surface area contributed by atoms with E-state index in [0.717, 1.165) is 10.6 Å². The SMILES string of the molecule is O=C(Cc1cccs1)NC1CC(=O)N(c2ccccc2)C1. The van der Waals surface area contributed by atoms with Crippen molar-refractivity contribution in [2.24, 2.45) is 0 Å². The number of hydrogen-bond donors (Lipinski definition) is 1. The Kier molecular flexibility index (Phi) is 4.01. The lowest BCUT2D eigenvalue weighted by Gasteiger charge is -2.17. The molecule has 4 nitrogen and oxygen atoms in total. The van der Waals surface area contributed by atoms with E-state index in [1.807, 2.05) is 47.8 Å². The van der Waals surface area contributed by atoms with Gasteiger partial charge in [-0.3, -0.25) is 9.59 Å². The Balaban J connectivity index is 1.59. The predicted octanol–water partition coefficient (Wildman–Crippen LogP) is 2.21. The molecule has 1 aliphatic rings. The molecule has 0 bridgehead atoms. The molecule has 1 aromatic heterocycles. The Morgan fingerprint density at radius 1 is 1.24 bits per heavy atom. The molecule has 1 aliphatic heterocycles. The smallest absolute Gasteiger partial charge is 0.229 e. The van der Waals surface area contributed by atoms with Gasteiger partial charge in [0.15, 0.2) is 0 Å². The van der Waals surface area contributed by atoms with Gasteiger partial charge in [-0.2, -0.15) is 0 Å². The lowest BCUT2D eigenvalue weighted by Crippen LogP contribution is -2.37. The van der Waals surface area contributed by atoms with E-state index >= 15 is 0 Å². The number of nitrogens with one attached hydrogen (secondary N) is 1. The van der Waals surface area contributed by atoms with E-state index in [1.165, 1.54) is 0 Å². The summed E-state index contributed by atoms with van der Waals surface area (Å²) in [5, 5.41) is 4.91. The monoisotopic (exact) mass is 300 g/mol. The summed E-state index contributed by atoms with van der Waals surface area (Å²) in [7, 11) is 0. The number of para-hydroxylation sites is 1. The van der Waals surface area contributed by atoms with Crippen LogP contribution in [-0.4, -0.2) is 24.4 Å². The van der Waals surface area contributed by atoms with Gasteiger partial charge in [0.05, 0.1) is 12.5 Å². The largest absolute Gasteiger partial charge is 0.351 e. The minimum atomic E-state index is -0.106. The van der Waals surface area contributed by atoms with E-state index in [-0.39, 0.29) is 17.9 Å². The molecular formula is C16H16N2O2S. The molecule has 0 aliphatic carbocycles. The second-order valence-corrected chi connectivity index (χ2v) is 6.10. The van der Waals surface area contributed by atoms with Crippen LogP contribution < -0.4 is 10.2 Å². The van der Waals surface area contributed by atoms with Crippen molar-refractivity contribution in [3.63, 3.8) is 0 Å². The average molecular weight is 300 g/mol. The highest BCUT2D eigenvalue weighted by Crippen LogP contribution is 2.21. The van der Waals surface area contributed by atoms with Crippen molar-refractivity contribution in [1.29, 1.82) is 0 Å². The van der Waals surface area contributed by atoms with Crippen molar-refractivity contribution < 1.29 is 9.59 Å². The van der Waals surface area contributed by atoms with Crippen LogP contribution in [0.5, 0.6) is 0 Å². The fourth-order valence-electron chi connectivity index (χ4n) is 2.51. The number of anilines is 1. The van der Waals surface area contributed by atoms with Crippen molar-refractivity contribution >= 4 is 28.8 Å². The van der Waals surface area contributed by atoms with E-state index in [0.29, 0.717) is 19.4 Å². The maximum absolute atomic E-state index is 12.1. The summed E-state index contributed by atoms with van der Waals surface area (Å²) < 4.78 is 0. The third-order valence-electron chi connectivity index (χ3n) is 3.47. The summed E-state index contributed by atoms with van der Waals surface area (Å²) in [6.07, 6.45) is 0.749. The summed E-state index contributed by atoms with van der Waals surface area (Å²) in [4.78, 5) is 26.8. The molecule has 1 aromatic carbocycles. The predicted molar refractivity (Wildman–Crippen MR) is 83.4 cm³/mol. The van der Waals surface area contributed by atoms with Crippen molar-refractivity contribution in [2.75, 3.05) is 11.4 Å². The number of amides is 2. The molecule has 3 rings (SSSR count). The Morgan fingerprint density at radius 2 is 2.05 bits per heavy atom. The molecule has 108 valence electrons. The topological polar surface area (TPSA) is 49.4 Å². The summed E-state index contributed by atoms with van der Waals surface area (Å²) in [5.41, 5.74) is 0.887. The molecule has 2 aromatic rings. The van der Waals surface area contributed by atoms with Crippen molar-refractivity contribution in [3.05, 3.63) is 52.7 Å². The highest BCUT2D eigenvalue weighted by atomic mass is 32.1. The van der Waals surface area contributed by atoms with E-state index in [4.69, 9.17) is 0 Å². The van der Waals surface area contributed by atoms with Crippen LogP contribution in [0.3, 0.4) is 0 Å². The van der Waals surface area contributed by atoms with Crippen molar-refractivity contribution in [1.82, 2.24) is 5.32 Å². The molecule has 1 N–H and O–H groups in total. The van der Waals surface area contributed by atoms with Gasteiger partial charge in [0, 0.05) is 23.5 Å². The van der Waals surface area contributed by atoms with Crippen LogP contribution in [0.4, 0.5) is 5.69 Å². The Hall–Kier alpha value is -2.14. The number of carbonyl (C=O) groups is 2. The highest BCUT2D eigenvalue weighted by Gasteiger charge is 2.31. The molecule has 1 unspecified atom stereocenters. The zero-order valence-electron chi connectivity index (χ0n) is 11.5. The van der Waals surface area contributed by atoms with Crippen LogP contribution in [0.2, 0.25) is 0 Å². The molecule has 0 saturated carbocycles. The average Bonchev–Trinajstić information content (AvgIpc) is 3.09. The third-order valence-corrected chi connectivity index (χ3v) is 4.35. The van der Waals surface area contributed by atoms with Gasteiger partial charge in [-0.25, -0.2) is 0 Å². The summed E-state index contributed by atoms with van der Waals surface area (Å²) in [6, 6.07) is 13.3. The molecule has 1 fully saturated rings. The van der Waals surface area contributed by atoms with Gasteiger partial charge in [0.2, 0.25) is 11.8 Å². The van der Waals surface area contributed by atoms with Crippen LogP contribution in [0.1, 0.15) is 11.3 Å². The maximum atomic E-state index is 12.1. The van der Waals surface area contributed by atoms with Gasteiger partial charge in [-0.1, -0.05) is 24.3 Å². The van der Waals surface area contributed by atoms with Gasteiger partial charge in [-0.15, -0.1) is 11.3 Å². The number of hydrogen-bond acceptors (Lipinski definition) is 3. The molecular weight excluding hydrogens is 284 g/mol. The molecule has 5 heteroatoms. The van der Waals surface area contributed by atoms with Crippen LogP contribution in [0.25, 0.3) is 0 Å². The quantitative estimate of drug-likeness (QED) is 0.941. The van der Waals surface area contributed by atoms with Crippen LogP contribution >= 0.6 is 11.3 Å². The first kappa shape index (κ1) is 13.8. The number of thiophene rings is 1. The second kappa shape index (κ2) is 6.10. The Bertz CT molecular complexity index is 625. The molecule has 0 radical (unpaired) electrons. The normalized spacial score (nSPS) is 18.0. The van der Waals surface area contributed by atoms with Crippen LogP contribution in [0.15, 0.2) is 47.8 Å². The highest BCUT2D eigenvalue weighted by molar-refractivity contribution is 7.10. The maximum Gasteiger partial charge on any atom is 0.229 e. The van der Waals surface area contributed by atoms with Gasteiger partial charge in [-0.05, 0) is 23.6 Å². The first-order valence-corrected chi connectivity index (χ1v) is 7.77. The minimum Gasteiger partial charge on any atom is -0.351 e. The Morgan fingerprint density at radius 3 is 2.76 bits per heavy atom. The molecule has 0 spiro atoms. The number of carbonyl (C=O) groups excluding carboxylic acids is 2. The number of nitrogens with zero attached hydrogens (tertiary/aromatic N) is 1. The molecule has 1 atom stereocenters. The van der Waals surface area contributed by atoms with Gasteiger partial charge < -0.3 is 10.2 Å². The summed E-state index contributed by atoms with van der Waals surface area (Å²) in [6.45, 7) is 0.541. The van der Waals surface area contributed by atoms with Gasteiger partial charge in [0.25, 0.3) is 0 Å². The van der Waals surface area contributed by atoms with E-state index in [1.54, 1.807) is 16.2 Å². The molecule has 2 heterocycles. The molecule has 2 amide bonds. The first-order valence-electron chi connectivity index (χ1n) is 6.89. The van der Waals surface area contributed by atoms with Crippen molar-refractivity contribution in [3.8, 4) is 0 Å². The first-order chi connectivity index (χ1) is 10.2. The Labute approximate surface area is 127 Å². The molecule has 21 heavy (non-hydrogen) atoms. The fraction of sp³-hybridized carbons (Fsp3) is 0.250. The van der Waals surface area contributed by atoms with Crippen molar-refractivity contribution in [2.45, 2.75) is 18.9 Å². The standard InChI is InChI=1S/C16H16N2O2S/c19-15(10-14-7-4-8-21-14)17-12-9-16(20)18(11-12)13-5-2-1-3-6-13/h1-8,12H,9-11H2,(H,17,19). The summed E-state index contributed by atoms with van der Waals surface area (Å²) in [5.74, 6) is 0.0350. The minimum absolute atomic E-state index is 0.0230.